The molecule has 1 aromatic heterocycles. The monoisotopic (exact) mass is 292 g/mol. The maximum atomic E-state index is 6.09. The van der Waals surface area contributed by atoms with Crippen molar-refractivity contribution < 1.29 is 0 Å². The molecule has 2 rings (SSSR count). The van der Waals surface area contributed by atoms with Crippen LogP contribution in [0, 0.1) is 0 Å². The van der Waals surface area contributed by atoms with Gasteiger partial charge in [-0.05, 0) is 29.8 Å². The Morgan fingerprint density at radius 1 is 1.26 bits per heavy atom. The van der Waals surface area contributed by atoms with Gasteiger partial charge in [-0.1, -0.05) is 49.3 Å². The minimum absolute atomic E-state index is 0.461. The number of pyridine rings is 1. The van der Waals surface area contributed by atoms with E-state index in [1.807, 2.05) is 30.3 Å². The normalized spacial score (nSPS) is 10.9. The molecule has 100 valence electrons. The summed E-state index contributed by atoms with van der Waals surface area (Å²) in [5.41, 5.74) is 1.24. The fourth-order valence-corrected chi connectivity index (χ4v) is 2.78. The Hall–Kier alpha value is -1.03. The molecule has 1 N–H and O–H groups in total. The Kier molecular flexibility index (Phi) is 5.25. The van der Waals surface area contributed by atoms with E-state index in [1.165, 1.54) is 5.56 Å². The van der Waals surface area contributed by atoms with Crippen molar-refractivity contribution in [3.8, 4) is 0 Å². The summed E-state index contributed by atoms with van der Waals surface area (Å²) in [6, 6.07) is 12.4. The first-order chi connectivity index (χ1) is 9.15. The molecular weight excluding hydrogens is 276 g/mol. The highest BCUT2D eigenvalue weighted by atomic mass is 35.5. The molecule has 0 amide bonds. The Morgan fingerprint density at radius 3 is 2.79 bits per heavy atom. The second kappa shape index (κ2) is 6.94. The molecule has 0 aliphatic carbocycles. The number of halogens is 1. The van der Waals surface area contributed by atoms with Crippen molar-refractivity contribution in [2.75, 3.05) is 0 Å². The van der Waals surface area contributed by atoms with E-state index in [-0.39, 0.29) is 0 Å². The molecule has 0 fully saturated rings. The summed E-state index contributed by atoms with van der Waals surface area (Å²) in [6.07, 6.45) is 1.80. The van der Waals surface area contributed by atoms with Gasteiger partial charge in [-0.2, -0.15) is 0 Å². The molecule has 0 bridgehead atoms. The molecule has 0 saturated heterocycles. The molecule has 0 radical (unpaired) electrons. The highest BCUT2D eigenvalue weighted by Crippen LogP contribution is 2.31. The molecule has 0 spiro atoms. The first-order valence-corrected chi connectivity index (χ1v) is 7.45. The van der Waals surface area contributed by atoms with Gasteiger partial charge in [-0.3, -0.25) is 0 Å². The van der Waals surface area contributed by atoms with Gasteiger partial charge in [0.25, 0.3) is 0 Å². The third kappa shape index (κ3) is 4.53. The molecule has 1 heterocycles. The predicted octanol–water partition coefficient (Wildman–Crippen LogP) is 4.38. The summed E-state index contributed by atoms with van der Waals surface area (Å²) in [7, 11) is 0. The van der Waals surface area contributed by atoms with Gasteiger partial charge in [0.15, 0.2) is 0 Å². The highest BCUT2D eigenvalue weighted by molar-refractivity contribution is 7.99. The maximum Gasteiger partial charge on any atom is 0.101 e. The van der Waals surface area contributed by atoms with Crippen LogP contribution in [0.2, 0.25) is 5.02 Å². The van der Waals surface area contributed by atoms with Crippen LogP contribution in [0.1, 0.15) is 19.4 Å². The fourth-order valence-electron chi connectivity index (χ4n) is 1.60. The summed E-state index contributed by atoms with van der Waals surface area (Å²) in [5, 5.41) is 5.17. The largest absolute Gasteiger partial charge is 0.310 e. The van der Waals surface area contributed by atoms with Crippen LogP contribution in [-0.4, -0.2) is 11.0 Å². The molecule has 0 unspecified atom stereocenters. The zero-order valence-electron chi connectivity index (χ0n) is 11.1. The molecule has 0 atom stereocenters. The summed E-state index contributed by atoms with van der Waals surface area (Å²) >= 11 is 7.74. The molecule has 1 aromatic carbocycles. The zero-order valence-corrected chi connectivity index (χ0v) is 12.6. The van der Waals surface area contributed by atoms with E-state index in [0.717, 1.165) is 21.5 Å². The first-order valence-electron chi connectivity index (χ1n) is 6.26. The SMILES string of the molecule is CC(C)NCc1ccc(Cl)cc1Sc1ccccn1. The van der Waals surface area contributed by atoms with E-state index >= 15 is 0 Å². The second-order valence-electron chi connectivity index (χ2n) is 4.56. The number of hydrogen-bond donors (Lipinski definition) is 1. The van der Waals surface area contributed by atoms with Crippen molar-refractivity contribution >= 4 is 23.4 Å². The number of hydrogen-bond acceptors (Lipinski definition) is 3. The molecule has 0 aliphatic heterocycles. The molecule has 4 heteroatoms. The van der Waals surface area contributed by atoms with Crippen molar-refractivity contribution in [3.05, 3.63) is 53.2 Å². The number of benzene rings is 1. The van der Waals surface area contributed by atoms with E-state index in [4.69, 9.17) is 11.6 Å². The lowest BCUT2D eigenvalue weighted by Gasteiger charge is -2.12. The van der Waals surface area contributed by atoms with Gasteiger partial charge in [0.2, 0.25) is 0 Å². The number of aromatic nitrogens is 1. The first kappa shape index (κ1) is 14.4. The lowest BCUT2D eigenvalue weighted by atomic mass is 10.2. The lowest BCUT2D eigenvalue weighted by molar-refractivity contribution is 0.585. The molecule has 19 heavy (non-hydrogen) atoms. The van der Waals surface area contributed by atoms with Crippen LogP contribution in [0.25, 0.3) is 0 Å². The van der Waals surface area contributed by atoms with E-state index < -0.39 is 0 Å². The van der Waals surface area contributed by atoms with Gasteiger partial charge in [-0.25, -0.2) is 4.98 Å². The predicted molar refractivity (Wildman–Crippen MR) is 81.8 cm³/mol. The number of nitrogens with zero attached hydrogens (tertiary/aromatic N) is 1. The van der Waals surface area contributed by atoms with Crippen molar-refractivity contribution in [2.24, 2.45) is 0 Å². The van der Waals surface area contributed by atoms with Crippen molar-refractivity contribution in [2.45, 2.75) is 36.4 Å². The van der Waals surface area contributed by atoms with Gasteiger partial charge >= 0.3 is 0 Å². The van der Waals surface area contributed by atoms with Crippen molar-refractivity contribution in [3.63, 3.8) is 0 Å². The number of rotatable bonds is 5. The lowest BCUT2D eigenvalue weighted by Crippen LogP contribution is -2.22. The zero-order chi connectivity index (χ0) is 13.7. The Morgan fingerprint density at radius 2 is 2.11 bits per heavy atom. The Bertz CT molecular complexity index is 529. The van der Waals surface area contributed by atoms with E-state index in [0.29, 0.717) is 6.04 Å². The van der Waals surface area contributed by atoms with Crippen LogP contribution in [0.15, 0.2) is 52.5 Å². The topological polar surface area (TPSA) is 24.9 Å². The molecule has 0 saturated carbocycles. The quantitative estimate of drug-likeness (QED) is 0.885. The summed E-state index contributed by atoms with van der Waals surface area (Å²) in [4.78, 5) is 5.49. The van der Waals surface area contributed by atoms with Crippen LogP contribution in [0.5, 0.6) is 0 Å². The van der Waals surface area contributed by atoms with Gasteiger partial charge in [0.05, 0.1) is 0 Å². The third-order valence-corrected chi connectivity index (χ3v) is 3.87. The molecule has 0 aliphatic rings. The van der Waals surface area contributed by atoms with Crippen LogP contribution in [-0.2, 0) is 6.54 Å². The van der Waals surface area contributed by atoms with Crippen molar-refractivity contribution in [1.82, 2.24) is 10.3 Å². The van der Waals surface area contributed by atoms with E-state index in [1.54, 1.807) is 18.0 Å². The van der Waals surface area contributed by atoms with Gasteiger partial charge in [0.1, 0.15) is 5.03 Å². The van der Waals surface area contributed by atoms with Crippen LogP contribution in [0.3, 0.4) is 0 Å². The molecule has 2 nitrogen and oxygen atoms in total. The average Bonchev–Trinajstić information content (AvgIpc) is 2.39. The summed E-state index contributed by atoms with van der Waals surface area (Å²) in [6.45, 7) is 5.12. The standard InChI is InChI=1S/C15H17ClN2S/c1-11(2)18-10-12-6-7-13(16)9-14(12)19-15-5-3-4-8-17-15/h3-9,11,18H,10H2,1-2H3. The van der Waals surface area contributed by atoms with Crippen LogP contribution >= 0.6 is 23.4 Å². The molecular formula is C15H17ClN2S. The van der Waals surface area contributed by atoms with Gasteiger partial charge < -0.3 is 5.32 Å². The third-order valence-electron chi connectivity index (χ3n) is 2.58. The van der Waals surface area contributed by atoms with Gasteiger partial charge in [0, 0.05) is 28.7 Å². The van der Waals surface area contributed by atoms with Crippen LogP contribution < -0.4 is 5.32 Å². The van der Waals surface area contributed by atoms with Crippen molar-refractivity contribution in [1.29, 1.82) is 0 Å². The summed E-state index contributed by atoms with van der Waals surface area (Å²) in [5.74, 6) is 0. The van der Waals surface area contributed by atoms with E-state index in [2.05, 4.69) is 30.2 Å². The van der Waals surface area contributed by atoms with Gasteiger partial charge in [-0.15, -0.1) is 0 Å². The van der Waals surface area contributed by atoms with Crippen LogP contribution in [0.4, 0.5) is 0 Å². The summed E-state index contributed by atoms with van der Waals surface area (Å²) < 4.78 is 0. The molecule has 2 aromatic rings. The number of nitrogens with one attached hydrogen (secondary N) is 1. The average molecular weight is 293 g/mol. The fraction of sp³-hybridized carbons (Fsp3) is 0.267. The Balaban J connectivity index is 2.19. The Labute approximate surface area is 123 Å². The van der Waals surface area contributed by atoms with E-state index in [9.17, 15) is 0 Å². The smallest absolute Gasteiger partial charge is 0.101 e. The minimum atomic E-state index is 0.461. The highest BCUT2D eigenvalue weighted by Gasteiger charge is 2.07. The maximum absolute atomic E-state index is 6.09. The second-order valence-corrected chi connectivity index (χ2v) is 6.06. The minimum Gasteiger partial charge on any atom is -0.310 e.